The van der Waals surface area contributed by atoms with E-state index in [1.807, 2.05) is 0 Å². The van der Waals surface area contributed by atoms with Gasteiger partial charge in [-0.2, -0.15) is 39.5 Å². The lowest BCUT2D eigenvalue weighted by atomic mass is 10.2. The Morgan fingerprint density at radius 1 is 0.647 bits per heavy atom. The van der Waals surface area contributed by atoms with Gasteiger partial charge in [-0.3, -0.25) is 25.3 Å². The molecule has 19 heteroatoms. The highest BCUT2D eigenvalue weighted by Gasteiger charge is 2.63. The van der Waals surface area contributed by atoms with Crippen molar-refractivity contribution in [3.63, 3.8) is 0 Å². The van der Waals surface area contributed by atoms with Gasteiger partial charge in [0.05, 0.1) is 30.6 Å². The Morgan fingerprint density at radius 3 is 1.24 bits per heavy atom. The minimum Gasteiger partial charge on any atom is -0.326 e. The molecule has 0 bridgehead atoms. The second kappa shape index (κ2) is 11.1. The van der Waals surface area contributed by atoms with Crippen molar-refractivity contribution >= 4 is 29.5 Å². The molecule has 0 unspecified atom stereocenters. The highest BCUT2D eigenvalue weighted by molar-refractivity contribution is 8.29. The summed E-state index contributed by atoms with van der Waals surface area (Å²) in [6.07, 6.45) is 8.62. The van der Waals surface area contributed by atoms with E-state index in [4.69, 9.17) is 0 Å². The van der Waals surface area contributed by atoms with Gasteiger partial charge in [0.25, 0.3) is 0 Å². The molecule has 0 N–H and O–H groups in total. The lowest BCUT2D eigenvalue weighted by molar-refractivity contribution is -0.897. The molecule has 1 aliphatic rings. The van der Waals surface area contributed by atoms with Crippen LogP contribution < -0.4 is 0 Å². The quantitative estimate of drug-likeness (QED) is 0.186. The molecule has 1 saturated heterocycles. The molecule has 1 fully saturated rings. The van der Waals surface area contributed by atoms with Crippen LogP contribution in [0.2, 0.25) is 0 Å². The summed E-state index contributed by atoms with van der Waals surface area (Å²) in [7, 11) is -21.6. The highest BCUT2D eigenvalue weighted by Crippen LogP contribution is 2.47. The van der Waals surface area contributed by atoms with Crippen LogP contribution in [0.1, 0.15) is 45.4 Å². The third-order valence-electron chi connectivity index (χ3n) is 4.77. The molecule has 0 aromatic heterocycles. The van der Waals surface area contributed by atoms with E-state index in [2.05, 4.69) is 14.0 Å². The van der Waals surface area contributed by atoms with E-state index in [1.54, 1.807) is 0 Å². The highest BCUT2D eigenvalue weighted by atomic mass is 32.3. The lowest BCUT2D eigenvalue weighted by Crippen LogP contribution is -2.47. The SMILES string of the molecule is CCCCCC[N+]1(C)CCCC1.O=S(=O)([C-](S(=O)(=O)C(F)(F)F)S(=O)(=O)C(F)(F)F)C(F)(F)F. The molecular formula is C15H24F9NO6S3. The lowest BCUT2D eigenvalue weighted by Gasteiger charge is -2.31. The fraction of sp³-hybridized carbons (Fsp3) is 0.933. The van der Waals surface area contributed by atoms with E-state index in [0.29, 0.717) is 0 Å². The van der Waals surface area contributed by atoms with Gasteiger partial charge in [0.2, 0.25) is 0 Å². The Bertz CT molecular complexity index is 873. The molecule has 1 heterocycles. The zero-order valence-corrected chi connectivity index (χ0v) is 20.3. The average molecular weight is 582 g/mol. The van der Waals surface area contributed by atoms with E-state index in [9.17, 15) is 64.8 Å². The minimum absolute atomic E-state index is 1.36. The third-order valence-corrected chi connectivity index (χ3v) is 11.9. The van der Waals surface area contributed by atoms with Gasteiger partial charge in [0, 0.05) is 12.8 Å². The van der Waals surface area contributed by atoms with Crippen molar-refractivity contribution in [2.75, 3.05) is 26.7 Å². The molecule has 0 radical (unpaired) electrons. The standard InChI is InChI=1S/C11H24N.C4F9O6S3/c1-3-4-5-6-9-12(2)10-7-8-11-12;5-2(6,7)20(14,15)1(21(16,17)3(8,9)10)22(18,19)4(11,12)13/h3-11H2,1-2H3;/q+1;-1. The number of alkyl halides is 9. The summed E-state index contributed by atoms with van der Waals surface area (Å²) in [5, 5.41) is 0. The molecule has 0 saturated carbocycles. The van der Waals surface area contributed by atoms with Gasteiger partial charge < -0.3 is 4.48 Å². The van der Waals surface area contributed by atoms with E-state index in [0.717, 1.165) is 0 Å². The van der Waals surface area contributed by atoms with Gasteiger partial charge in [-0.05, 0) is 12.8 Å². The van der Waals surface area contributed by atoms with Crippen molar-refractivity contribution in [2.45, 2.75) is 62.0 Å². The van der Waals surface area contributed by atoms with Gasteiger partial charge >= 0.3 is 16.5 Å². The van der Waals surface area contributed by atoms with Crippen molar-refractivity contribution in [1.82, 2.24) is 0 Å². The number of unbranched alkanes of at least 4 members (excludes halogenated alkanes) is 3. The van der Waals surface area contributed by atoms with Gasteiger partial charge in [-0.1, -0.05) is 19.8 Å². The Kier molecular flexibility index (Phi) is 10.8. The number of likely N-dealkylation sites (tertiary alicyclic amines) is 1. The average Bonchev–Trinajstić information content (AvgIpc) is 3.02. The topological polar surface area (TPSA) is 102 Å². The largest absolute Gasteiger partial charge is 0.470 e. The number of sulfone groups is 3. The summed E-state index contributed by atoms with van der Waals surface area (Å²) in [6.45, 7) is 6.59. The van der Waals surface area contributed by atoms with Crippen LogP contribution in [0.5, 0.6) is 0 Å². The zero-order valence-electron chi connectivity index (χ0n) is 17.9. The number of hydrogen-bond donors (Lipinski definition) is 0. The Balaban J connectivity index is 0.000000757. The first-order chi connectivity index (χ1) is 14.9. The van der Waals surface area contributed by atoms with Crippen LogP contribution in [0, 0.1) is 3.91 Å². The summed E-state index contributed by atoms with van der Waals surface area (Å²) in [4.78, 5) is 0. The second-order valence-electron chi connectivity index (χ2n) is 7.66. The maximum absolute atomic E-state index is 12.0. The van der Waals surface area contributed by atoms with E-state index < -0.39 is 50.0 Å². The molecule has 1 aliphatic heterocycles. The van der Waals surface area contributed by atoms with Gasteiger partial charge in [-0.25, -0.2) is 0 Å². The molecule has 0 spiro atoms. The maximum Gasteiger partial charge on any atom is 0.470 e. The predicted molar refractivity (Wildman–Crippen MR) is 102 cm³/mol. The first kappa shape index (κ1) is 33.2. The second-order valence-corrected chi connectivity index (χ2v) is 14.1. The number of rotatable bonds is 8. The first-order valence-electron chi connectivity index (χ1n) is 9.53. The Morgan fingerprint density at radius 2 is 0.971 bits per heavy atom. The van der Waals surface area contributed by atoms with Crippen LogP contribution in [-0.2, 0) is 29.5 Å². The zero-order chi connectivity index (χ0) is 27.4. The van der Waals surface area contributed by atoms with Crippen molar-refractivity contribution in [2.24, 2.45) is 0 Å². The molecular weight excluding hydrogens is 557 g/mol. The van der Waals surface area contributed by atoms with Crippen LogP contribution in [0.15, 0.2) is 0 Å². The molecule has 0 aromatic carbocycles. The van der Waals surface area contributed by atoms with Gasteiger partial charge in [0.15, 0.2) is 29.5 Å². The molecule has 0 atom stereocenters. The van der Waals surface area contributed by atoms with E-state index in [-0.39, 0.29) is 0 Å². The van der Waals surface area contributed by atoms with Crippen LogP contribution in [-0.4, -0.2) is 72.9 Å². The first-order valence-corrected chi connectivity index (χ1v) is 14.0. The number of nitrogens with zero attached hydrogens (tertiary/aromatic N) is 1. The molecule has 0 aromatic rings. The molecule has 206 valence electrons. The predicted octanol–water partition coefficient (Wildman–Crippen LogP) is 4.04. The van der Waals surface area contributed by atoms with Crippen molar-refractivity contribution in [3.8, 4) is 0 Å². The van der Waals surface area contributed by atoms with Crippen molar-refractivity contribution < 1.29 is 69.3 Å². The summed E-state index contributed by atoms with van der Waals surface area (Å²) >= 11 is 0. The maximum atomic E-state index is 12.0. The fourth-order valence-corrected chi connectivity index (χ4v) is 8.69. The van der Waals surface area contributed by atoms with Crippen molar-refractivity contribution in [3.05, 3.63) is 3.91 Å². The van der Waals surface area contributed by atoms with Crippen LogP contribution in [0.25, 0.3) is 0 Å². The number of halogens is 9. The van der Waals surface area contributed by atoms with Gasteiger partial charge in [-0.15, -0.1) is 0 Å². The normalized spacial score (nSPS) is 18.0. The monoisotopic (exact) mass is 581 g/mol. The van der Waals surface area contributed by atoms with Crippen LogP contribution >= 0.6 is 0 Å². The molecule has 0 amide bonds. The van der Waals surface area contributed by atoms with E-state index in [1.165, 1.54) is 62.6 Å². The Hall–Kier alpha value is -0.820. The summed E-state index contributed by atoms with van der Waals surface area (Å²) in [6, 6.07) is 0. The van der Waals surface area contributed by atoms with Crippen LogP contribution in [0.3, 0.4) is 0 Å². The fourth-order valence-electron chi connectivity index (χ4n) is 2.96. The van der Waals surface area contributed by atoms with E-state index >= 15 is 0 Å². The third kappa shape index (κ3) is 7.84. The minimum atomic E-state index is -8.02. The summed E-state index contributed by atoms with van der Waals surface area (Å²) < 4.78 is 169. The Labute approximate surface area is 191 Å². The smallest absolute Gasteiger partial charge is 0.326 e. The van der Waals surface area contributed by atoms with Gasteiger partial charge in [0.1, 0.15) is 0 Å². The molecule has 7 nitrogen and oxygen atoms in total. The summed E-state index contributed by atoms with van der Waals surface area (Å²) in [5.74, 6) is 0. The molecule has 1 rings (SSSR count). The number of quaternary nitrogens is 1. The van der Waals surface area contributed by atoms with Crippen molar-refractivity contribution in [1.29, 1.82) is 0 Å². The summed E-state index contributed by atoms with van der Waals surface area (Å²) in [5.41, 5.74) is -21.2. The van der Waals surface area contributed by atoms with Crippen LogP contribution in [0.4, 0.5) is 39.5 Å². The molecule has 0 aliphatic carbocycles. The molecule has 34 heavy (non-hydrogen) atoms. The number of hydrogen-bond acceptors (Lipinski definition) is 6.